The number of nitro benzene ring substituents is 1. The van der Waals surface area contributed by atoms with Crippen molar-refractivity contribution in [3.8, 4) is 0 Å². The van der Waals surface area contributed by atoms with E-state index < -0.39 is 16.4 Å². The first kappa shape index (κ1) is 14.4. The molecule has 0 radical (unpaired) electrons. The molecule has 0 spiro atoms. The number of nitrogens with one attached hydrogen (secondary N) is 1. The topological polar surface area (TPSA) is 96.3 Å². The summed E-state index contributed by atoms with van der Waals surface area (Å²) in [6.07, 6.45) is 1.43. The van der Waals surface area contributed by atoms with E-state index in [4.69, 9.17) is 0 Å². The average molecular weight is 287 g/mol. The van der Waals surface area contributed by atoms with Crippen LogP contribution in [0.2, 0.25) is 0 Å². The van der Waals surface area contributed by atoms with Crippen LogP contribution in [0.5, 0.6) is 0 Å². The van der Waals surface area contributed by atoms with Crippen LogP contribution < -0.4 is 5.56 Å². The minimum atomic E-state index is -0.497. The molecular weight excluding hydrogens is 274 g/mol. The molecule has 108 valence electrons. The number of aromatic nitrogens is 1. The van der Waals surface area contributed by atoms with E-state index in [-0.39, 0.29) is 17.8 Å². The highest BCUT2D eigenvalue weighted by Crippen LogP contribution is 2.19. The number of H-pyrrole nitrogens is 1. The molecule has 2 aromatic rings. The maximum Gasteiger partial charge on any atom is 0.274 e. The summed E-state index contributed by atoms with van der Waals surface area (Å²) in [4.78, 5) is 37.9. The first-order valence-corrected chi connectivity index (χ1v) is 6.16. The molecule has 1 heterocycles. The van der Waals surface area contributed by atoms with Crippen molar-refractivity contribution < 1.29 is 9.72 Å². The minimum Gasteiger partial charge on any atom is -0.337 e. The highest BCUT2D eigenvalue weighted by Gasteiger charge is 2.19. The van der Waals surface area contributed by atoms with E-state index in [1.165, 1.54) is 30.3 Å². The second-order valence-corrected chi connectivity index (χ2v) is 4.46. The number of nitrogens with zero attached hydrogens (tertiary/aromatic N) is 2. The molecule has 0 atom stereocenters. The van der Waals surface area contributed by atoms with Crippen molar-refractivity contribution in [1.29, 1.82) is 0 Å². The van der Waals surface area contributed by atoms with Crippen LogP contribution in [0.25, 0.3) is 0 Å². The predicted octanol–water partition coefficient (Wildman–Crippen LogP) is 1.56. The number of aromatic amines is 1. The summed E-state index contributed by atoms with van der Waals surface area (Å²) in [5, 5.41) is 10.9. The molecule has 2 rings (SSSR count). The maximum absolute atomic E-state index is 12.2. The van der Waals surface area contributed by atoms with Gasteiger partial charge in [0.1, 0.15) is 5.56 Å². The van der Waals surface area contributed by atoms with Crippen LogP contribution in [-0.4, -0.2) is 27.8 Å². The Labute approximate surface area is 120 Å². The Morgan fingerprint density at radius 3 is 2.67 bits per heavy atom. The Balaban J connectivity index is 2.25. The van der Waals surface area contributed by atoms with Crippen LogP contribution in [-0.2, 0) is 6.54 Å². The van der Waals surface area contributed by atoms with Crippen molar-refractivity contribution >= 4 is 11.6 Å². The average Bonchev–Trinajstić information content (AvgIpc) is 2.47. The Bertz CT molecular complexity index is 739. The molecule has 1 amide bonds. The van der Waals surface area contributed by atoms with E-state index in [1.54, 1.807) is 24.3 Å². The predicted molar refractivity (Wildman–Crippen MR) is 76.0 cm³/mol. The summed E-state index contributed by atoms with van der Waals surface area (Å²) >= 11 is 0. The van der Waals surface area contributed by atoms with Crippen LogP contribution in [0.4, 0.5) is 5.69 Å². The molecule has 0 aliphatic heterocycles. The molecule has 0 saturated heterocycles. The van der Waals surface area contributed by atoms with E-state index in [0.29, 0.717) is 5.56 Å². The number of para-hydroxylation sites is 1. The quantitative estimate of drug-likeness (QED) is 0.681. The highest BCUT2D eigenvalue weighted by molar-refractivity contribution is 5.93. The third-order valence-electron chi connectivity index (χ3n) is 2.99. The SMILES string of the molecule is CN(Cc1ccccc1[N+](=O)[O-])C(=O)c1ccc[nH]c1=O. The van der Waals surface area contributed by atoms with Gasteiger partial charge in [0.05, 0.1) is 11.5 Å². The maximum atomic E-state index is 12.2. The second kappa shape index (κ2) is 6.00. The molecule has 1 aromatic heterocycles. The van der Waals surface area contributed by atoms with Gasteiger partial charge in [0.15, 0.2) is 0 Å². The van der Waals surface area contributed by atoms with Crippen LogP contribution >= 0.6 is 0 Å². The van der Waals surface area contributed by atoms with Gasteiger partial charge in [-0.1, -0.05) is 18.2 Å². The third kappa shape index (κ3) is 3.14. The molecule has 0 bridgehead atoms. The van der Waals surface area contributed by atoms with Gasteiger partial charge in [-0.05, 0) is 12.1 Å². The van der Waals surface area contributed by atoms with E-state index in [1.807, 2.05) is 0 Å². The van der Waals surface area contributed by atoms with Gasteiger partial charge in [-0.25, -0.2) is 0 Å². The van der Waals surface area contributed by atoms with E-state index in [2.05, 4.69) is 4.98 Å². The molecule has 0 saturated carbocycles. The number of carbonyl (C=O) groups excluding carboxylic acids is 1. The van der Waals surface area contributed by atoms with Gasteiger partial charge in [0.25, 0.3) is 17.2 Å². The Hall–Kier alpha value is -2.96. The number of rotatable bonds is 4. The van der Waals surface area contributed by atoms with Crippen molar-refractivity contribution in [3.63, 3.8) is 0 Å². The van der Waals surface area contributed by atoms with Gasteiger partial charge in [0, 0.05) is 24.9 Å². The zero-order valence-corrected chi connectivity index (χ0v) is 11.3. The van der Waals surface area contributed by atoms with Crippen molar-refractivity contribution in [3.05, 3.63) is 74.2 Å². The van der Waals surface area contributed by atoms with Crippen LogP contribution in [0.15, 0.2) is 47.4 Å². The summed E-state index contributed by atoms with van der Waals surface area (Å²) in [6.45, 7) is 0.0460. The summed E-state index contributed by atoms with van der Waals surface area (Å²) in [5.41, 5.74) is -0.139. The van der Waals surface area contributed by atoms with E-state index >= 15 is 0 Å². The zero-order valence-electron chi connectivity index (χ0n) is 11.3. The number of amides is 1. The number of hydrogen-bond donors (Lipinski definition) is 1. The molecule has 7 heteroatoms. The number of benzene rings is 1. The fourth-order valence-corrected chi connectivity index (χ4v) is 1.95. The summed E-state index contributed by atoms with van der Waals surface area (Å²) in [7, 11) is 1.49. The summed E-state index contributed by atoms with van der Waals surface area (Å²) in [5.74, 6) is -0.491. The number of pyridine rings is 1. The fourth-order valence-electron chi connectivity index (χ4n) is 1.95. The molecule has 0 aliphatic carbocycles. The van der Waals surface area contributed by atoms with Crippen LogP contribution in [0.3, 0.4) is 0 Å². The van der Waals surface area contributed by atoms with Gasteiger partial charge in [-0.3, -0.25) is 19.7 Å². The van der Waals surface area contributed by atoms with E-state index in [0.717, 1.165) is 0 Å². The zero-order chi connectivity index (χ0) is 15.4. The molecular formula is C14H13N3O4. The molecule has 1 N–H and O–H groups in total. The van der Waals surface area contributed by atoms with Crippen molar-refractivity contribution in [2.75, 3.05) is 7.05 Å². The number of hydrogen-bond acceptors (Lipinski definition) is 4. The lowest BCUT2D eigenvalue weighted by Gasteiger charge is -2.16. The molecule has 0 unspecified atom stereocenters. The molecule has 0 fully saturated rings. The van der Waals surface area contributed by atoms with Gasteiger partial charge in [-0.15, -0.1) is 0 Å². The lowest BCUT2D eigenvalue weighted by molar-refractivity contribution is -0.385. The molecule has 7 nitrogen and oxygen atoms in total. The van der Waals surface area contributed by atoms with E-state index in [9.17, 15) is 19.7 Å². The Morgan fingerprint density at radius 1 is 1.29 bits per heavy atom. The lowest BCUT2D eigenvalue weighted by Crippen LogP contribution is -2.31. The normalized spacial score (nSPS) is 10.1. The van der Waals surface area contributed by atoms with Crippen LogP contribution in [0.1, 0.15) is 15.9 Å². The van der Waals surface area contributed by atoms with Crippen molar-refractivity contribution in [2.45, 2.75) is 6.54 Å². The summed E-state index contributed by atoms with van der Waals surface area (Å²) < 4.78 is 0. The minimum absolute atomic E-state index is 0.00131. The second-order valence-electron chi connectivity index (χ2n) is 4.46. The van der Waals surface area contributed by atoms with Gasteiger partial charge < -0.3 is 9.88 Å². The molecule has 21 heavy (non-hydrogen) atoms. The largest absolute Gasteiger partial charge is 0.337 e. The van der Waals surface area contributed by atoms with Gasteiger partial charge in [-0.2, -0.15) is 0 Å². The first-order chi connectivity index (χ1) is 10.0. The van der Waals surface area contributed by atoms with Gasteiger partial charge >= 0.3 is 0 Å². The van der Waals surface area contributed by atoms with Gasteiger partial charge in [0.2, 0.25) is 0 Å². The van der Waals surface area contributed by atoms with Crippen molar-refractivity contribution in [1.82, 2.24) is 9.88 Å². The highest BCUT2D eigenvalue weighted by atomic mass is 16.6. The number of nitro groups is 1. The Morgan fingerprint density at radius 2 is 2.00 bits per heavy atom. The van der Waals surface area contributed by atoms with Crippen LogP contribution in [0, 0.1) is 10.1 Å². The number of carbonyl (C=O) groups is 1. The standard InChI is InChI=1S/C14H13N3O4/c1-16(14(19)11-6-4-8-15-13(11)18)9-10-5-2-3-7-12(10)17(20)21/h2-8H,9H2,1H3,(H,15,18). The molecule has 1 aromatic carbocycles. The molecule has 0 aliphatic rings. The van der Waals surface area contributed by atoms with Crippen molar-refractivity contribution in [2.24, 2.45) is 0 Å². The lowest BCUT2D eigenvalue weighted by atomic mass is 10.1. The summed E-state index contributed by atoms with van der Waals surface area (Å²) in [6, 6.07) is 9.14. The first-order valence-electron chi connectivity index (χ1n) is 6.16. The Kier molecular flexibility index (Phi) is 4.13. The smallest absolute Gasteiger partial charge is 0.274 e. The third-order valence-corrected chi connectivity index (χ3v) is 2.99. The monoisotopic (exact) mass is 287 g/mol. The fraction of sp³-hybridized carbons (Fsp3) is 0.143.